The van der Waals surface area contributed by atoms with E-state index in [4.69, 9.17) is 4.74 Å². The normalized spacial score (nSPS) is 15.8. The maximum absolute atomic E-state index is 13.0. The maximum atomic E-state index is 13.0. The van der Waals surface area contributed by atoms with Crippen LogP contribution in [0.25, 0.3) is 0 Å². The third kappa shape index (κ3) is 5.69. The topological polar surface area (TPSA) is 84.4 Å². The predicted octanol–water partition coefficient (Wildman–Crippen LogP) is 4.08. The van der Waals surface area contributed by atoms with Gasteiger partial charge in [-0.15, -0.1) is 0 Å². The summed E-state index contributed by atoms with van der Waals surface area (Å²) in [5, 5.41) is 2.99. The van der Waals surface area contributed by atoms with Crippen LogP contribution in [0.15, 0.2) is 73.3 Å². The van der Waals surface area contributed by atoms with Gasteiger partial charge in [-0.3, -0.25) is 19.6 Å². The van der Waals surface area contributed by atoms with E-state index in [1.54, 1.807) is 36.9 Å². The minimum atomic E-state index is -0.250. The quantitative estimate of drug-likeness (QED) is 0.611. The second-order valence-corrected chi connectivity index (χ2v) is 7.81. The van der Waals surface area contributed by atoms with Crippen molar-refractivity contribution < 1.29 is 14.3 Å². The number of aryl methyl sites for hydroxylation is 1. The number of pyridine rings is 2. The van der Waals surface area contributed by atoms with Crippen molar-refractivity contribution in [2.24, 2.45) is 5.92 Å². The molecule has 1 atom stereocenters. The molecule has 0 unspecified atom stereocenters. The number of piperidine rings is 1. The van der Waals surface area contributed by atoms with Gasteiger partial charge in [0, 0.05) is 38.1 Å². The highest BCUT2D eigenvalue weighted by molar-refractivity contribution is 5.94. The van der Waals surface area contributed by atoms with Gasteiger partial charge in [0.15, 0.2) is 5.75 Å². The number of nitrogens with zero attached hydrogens (tertiary/aromatic N) is 3. The van der Waals surface area contributed by atoms with Crippen molar-refractivity contribution >= 4 is 17.5 Å². The average molecular weight is 431 g/mol. The molecule has 2 amide bonds. The first-order chi connectivity index (χ1) is 15.7. The van der Waals surface area contributed by atoms with E-state index in [9.17, 15) is 9.59 Å². The van der Waals surface area contributed by atoms with E-state index in [0.717, 1.165) is 18.4 Å². The lowest BCUT2D eigenvalue weighted by molar-refractivity contribution is -0.134. The van der Waals surface area contributed by atoms with Gasteiger partial charge >= 0.3 is 0 Å². The number of para-hydroxylation sites is 2. The molecule has 1 aliphatic heterocycles. The van der Waals surface area contributed by atoms with Crippen LogP contribution in [-0.2, 0) is 16.0 Å². The zero-order valence-electron chi connectivity index (χ0n) is 17.8. The van der Waals surface area contributed by atoms with Gasteiger partial charge in [-0.05, 0) is 61.2 Å². The van der Waals surface area contributed by atoms with Crippen LogP contribution in [0.2, 0.25) is 0 Å². The van der Waals surface area contributed by atoms with Gasteiger partial charge in [-0.2, -0.15) is 0 Å². The van der Waals surface area contributed by atoms with Crippen LogP contribution in [0.5, 0.6) is 11.5 Å². The highest BCUT2D eigenvalue weighted by atomic mass is 16.5. The fraction of sp³-hybridized carbons (Fsp3) is 0.280. The lowest BCUT2D eigenvalue weighted by atomic mass is 9.96. The van der Waals surface area contributed by atoms with Crippen LogP contribution in [0.1, 0.15) is 24.8 Å². The van der Waals surface area contributed by atoms with Gasteiger partial charge in [0.1, 0.15) is 5.75 Å². The molecule has 1 aliphatic rings. The van der Waals surface area contributed by atoms with Crippen molar-refractivity contribution in [2.75, 3.05) is 18.4 Å². The number of anilines is 1. The Morgan fingerprint density at radius 3 is 2.69 bits per heavy atom. The molecule has 0 aliphatic carbocycles. The third-order valence-electron chi connectivity index (χ3n) is 5.53. The molecular weight excluding hydrogens is 404 g/mol. The Morgan fingerprint density at radius 1 is 1.03 bits per heavy atom. The summed E-state index contributed by atoms with van der Waals surface area (Å²) in [5.41, 5.74) is 1.69. The van der Waals surface area contributed by atoms with Crippen molar-refractivity contribution in [3.63, 3.8) is 0 Å². The molecule has 1 N–H and O–H groups in total. The summed E-state index contributed by atoms with van der Waals surface area (Å²) in [6, 6.07) is 14.8. The lowest BCUT2D eigenvalue weighted by Crippen LogP contribution is -2.43. The molecule has 1 saturated heterocycles. The monoisotopic (exact) mass is 430 g/mol. The molecule has 164 valence electrons. The Morgan fingerprint density at radius 2 is 1.88 bits per heavy atom. The zero-order valence-corrected chi connectivity index (χ0v) is 17.8. The van der Waals surface area contributed by atoms with Crippen molar-refractivity contribution in [2.45, 2.75) is 25.7 Å². The Hall–Kier alpha value is -3.74. The number of nitrogens with one attached hydrogen (secondary N) is 1. The molecule has 2 aromatic heterocycles. The SMILES string of the molecule is O=C(Nc1ccccc1Oc1cccnc1)[C@H]1CCCN(C(=O)CCc2ccncc2)C1. The van der Waals surface area contributed by atoms with Crippen molar-refractivity contribution in [3.8, 4) is 11.5 Å². The van der Waals surface area contributed by atoms with E-state index in [0.29, 0.717) is 43.1 Å². The van der Waals surface area contributed by atoms with Crippen LogP contribution >= 0.6 is 0 Å². The van der Waals surface area contributed by atoms with Crippen LogP contribution in [0.3, 0.4) is 0 Å². The minimum Gasteiger partial charge on any atom is -0.454 e. The lowest BCUT2D eigenvalue weighted by Gasteiger charge is -2.32. The van der Waals surface area contributed by atoms with Gasteiger partial charge in [0.25, 0.3) is 0 Å². The first kappa shape index (κ1) is 21.5. The Kier molecular flexibility index (Phi) is 7.07. The highest BCUT2D eigenvalue weighted by Gasteiger charge is 2.28. The van der Waals surface area contributed by atoms with Gasteiger partial charge < -0.3 is 15.0 Å². The summed E-state index contributed by atoms with van der Waals surface area (Å²) in [6.45, 7) is 1.13. The van der Waals surface area contributed by atoms with E-state index in [1.807, 2.05) is 41.3 Å². The fourth-order valence-electron chi connectivity index (χ4n) is 3.80. The highest BCUT2D eigenvalue weighted by Crippen LogP contribution is 2.30. The number of carbonyl (C=O) groups is 2. The van der Waals surface area contributed by atoms with E-state index in [-0.39, 0.29) is 17.7 Å². The summed E-state index contributed by atoms with van der Waals surface area (Å²) in [7, 11) is 0. The number of carbonyl (C=O) groups excluding carboxylic acids is 2. The Balaban J connectivity index is 1.35. The number of hydrogen-bond acceptors (Lipinski definition) is 5. The number of likely N-dealkylation sites (tertiary alicyclic amines) is 1. The molecule has 3 aromatic rings. The number of benzene rings is 1. The molecule has 1 aromatic carbocycles. The second-order valence-electron chi connectivity index (χ2n) is 7.81. The van der Waals surface area contributed by atoms with Gasteiger partial charge in [-0.25, -0.2) is 0 Å². The maximum Gasteiger partial charge on any atom is 0.229 e. The van der Waals surface area contributed by atoms with Crippen LogP contribution in [-0.4, -0.2) is 39.8 Å². The van der Waals surface area contributed by atoms with Crippen LogP contribution < -0.4 is 10.1 Å². The number of amides is 2. The summed E-state index contributed by atoms with van der Waals surface area (Å²) in [5.74, 6) is 0.881. The van der Waals surface area contributed by atoms with Crippen molar-refractivity contribution in [1.29, 1.82) is 0 Å². The first-order valence-corrected chi connectivity index (χ1v) is 10.8. The van der Waals surface area contributed by atoms with E-state index >= 15 is 0 Å². The molecule has 0 saturated carbocycles. The summed E-state index contributed by atoms with van der Waals surface area (Å²) in [6.07, 6.45) is 9.43. The molecule has 3 heterocycles. The van der Waals surface area contributed by atoms with E-state index in [2.05, 4.69) is 15.3 Å². The second kappa shape index (κ2) is 10.5. The Bertz CT molecular complexity index is 1040. The van der Waals surface area contributed by atoms with Gasteiger partial charge in [0.05, 0.1) is 17.8 Å². The Labute approximate surface area is 187 Å². The minimum absolute atomic E-state index is 0.0830. The molecule has 4 rings (SSSR count). The number of rotatable bonds is 7. The van der Waals surface area contributed by atoms with Gasteiger partial charge in [-0.1, -0.05) is 12.1 Å². The van der Waals surface area contributed by atoms with Crippen LogP contribution in [0.4, 0.5) is 5.69 Å². The molecular formula is C25H26N4O3. The smallest absolute Gasteiger partial charge is 0.229 e. The summed E-state index contributed by atoms with van der Waals surface area (Å²) >= 11 is 0. The number of aromatic nitrogens is 2. The van der Waals surface area contributed by atoms with Crippen molar-refractivity contribution in [1.82, 2.24) is 14.9 Å². The first-order valence-electron chi connectivity index (χ1n) is 10.8. The molecule has 0 spiro atoms. The van der Waals surface area contributed by atoms with E-state index in [1.165, 1.54) is 0 Å². The summed E-state index contributed by atoms with van der Waals surface area (Å²) < 4.78 is 5.88. The number of hydrogen-bond donors (Lipinski definition) is 1. The predicted molar refractivity (Wildman–Crippen MR) is 121 cm³/mol. The summed E-state index contributed by atoms with van der Waals surface area (Å²) in [4.78, 5) is 35.6. The van der Waals surface area contributed by atoms with Crippen molar-refractivity contribution in [3.05, 3.63) is 78.9 Å². The average Bonchev–Trinajstić information content (AvgIpc) is 2.85. The number of ether oxygens (including phenoxy) is 1. The molecule has 7 heteroatoms. The zero-order chi connectivity index (χ0) is 22.2. The largest absolute Gasteiger partial charge is 0.454 e. The van der Waals surface area contributed by atoms with E-state index < -0.39 is 0 Å². The molecule has 7 nitrogen and oxygen atoms in total. The molecule has 1 fully saturated rings. The molecule has 0 radical (unpaired) electrons. The molecule has 32 heavy (non-hydrogen) atoms. The fourth-order valence-corrected chi connectivity index (χ4v) is 3.80. The third-order valence-corrected chi connectivity index (χ3v) is 5.53. The van der Waals surface area contributed by atoms with Gasteiger partial charge in [0.2, 0.25) is 11.8 Å². The molecule has 0 bridgehead atoms. The van der Waals surface area contributed by atoms with Crippen LogP contribution in [0, 0.1) is 5.92 Å². The standard InChI is InChI=1S/C25H26N4O3/c30-24(10-9-19-11-14-26-15-12-19)29-16-4-5-20(18-29)25(31)28-22-7-1-2-8-23(22)32-21-6-3-13-27-17-21/h1-3,6-8,11-15,17,20H,4-5,9-10,16,18H2,(H,28,31)/t20-/m0/s1.